The first-order valence-corrected chi connectivity index (χ1v) is 9.67. The van der Waals surface area contributed by atoms with Crippen LogP contribution in [0.4, 0.5) is 16.3 Å². The third-order valence-electron chi connectivity index (χ3n) is 4.60. The molecule has 7 nitrogen and oxygen atoms in total. The molecule has 0 saturated carbocycles. The fourth-order valence-electron chi connectivity index (χ4n) is 3.13. The molecule has 148 valence electrons. The zero-order chi connectivity index (χ0) is 19.8. The molecule has 1 aliphatic rings. The van der Waals surface area contributed by atoms with Crippen molar-refractivity contribution in [3.05, 3.63) is 53.7 Å². The summed E-state index contributed by atoms with van der Waals surface area (Å²) in [5, 5.41) is 5.61. The summed E-state index contributed by atoms with van der Waals surface area (Å²) >= 11 is 0. The van der Waals surface area contributed by atoms with Crippen LogP contribution in [0.5, 0.6) is 0 Å². The van der Waals surface area contributed by atoms with Gasteiger partial charge < -0.3 is 20.3 Å². The molecule has 2 amide bonds. The summed E-state index contributed by atoms with van der Waals surface area (Å²) < 4.78 is 4.94. The highest BCUT2D eigenvalue weighted by molar-refractivity contribution is 5.92. The number of rotatable bonds is 6. The van der Waals surface area contributed by atoms with E-state index in [9.17, 15) is 9.59 Å². The number of nitrogens with one attached hydrogen (secondary N) is 2. The molecular weight excluding hydrogens is 356 g/mol. The number of esters is 1. The monoisotopic (exact) mass is 382 g/mol. The van der Waals surface area contributed by atoms with Gasteiger partial charge in [-0.25, -0.2) is 14.6 Å². The van der Waals surface area contributed by atoms with Crippen molar-refractivity contribution in [2.45, 2.75) is 32.7 Å². The summed E-state index contributed by atoms with van der Waals surface area (Å²) in [7, 11) is 0. The molecule has 0 atom stereocenters. The lowest BCUT2D eigenvalue weighted by atomic mass is 10.1. The average molecular weight is 382 g/mol. The first-order chi connectivity index (χ1) is 13.7. The van der Waals surface area contributed by atoms with Gasteiger partial charge in [-0.15, -0.1) is 0 Å². The van der Waals surface area contributed by atoms with Crippen molar-refractivity contribution in [2.75, 3.05) is 29.9 Å². The molecule has 28 heavy (non-hydrogen) atoms. The van der Waals surface area contributed by atoms with Crippen LogP contribution in [0, 0.1) is 0 Å². The topological polar surface area (TPSA) is 83.6 Å². The molecule has 0 spiro atoms. The molecule has 2 N–H and O–H groups in total. The minimum atomic E-state index is -0.374. The maximum atomic E-state index is 12.2. The van der Waals surface area contributed by atoms with Crippen LogP contribution in [0.25, 0.3) is 0 Å². The van der Waals surface area contributed by atoms with E-state index in [1.807, 2.05) is 12.1 Å². The summed E-state index contributed by atoms with van der Waals surface area (Å²) in [6, 6.07) is 10.2. The zero-order valence-corrected chi connectivity index (χ0v) is 16.1. The van der Waals surface area contributed by atoms with E-state index in [2.05, 4.69) is 20.5 Å². The van der Waals surface area contributed by atoms with Gasteiger partial charge in [0.2, 0.25) is 0 Å². The predicted molar refractivity (Wildman–Crippen MR) is 109 cm³/mol. The predicted octanol–water partition coefficient (Wildman–Crippen LogP) is 3.57. The van der Waals surface area contributed by atoms with Crippen LogP contribution in [0.15, 0.2) is 42.6 Å². The molecule has 7 heteroatoms. The van der Waals surface area contributed by atoms with Crippen molar-refractivity contribution in [3.8, 4) is 0 Å². The number of hydrogen-bond donors (Lipinski definition) is 2. The lowest BCUT2D eigenvalue weighted by molar-refractivity contribution is 0.0526. The molecule has 1 saturated heterocycles. The van der Waals surface area contributed by atoms with E-state index in [1.165, 1.54) is 19.3 Å². The number of amides is 2. The molecule has 1 aromatic carbocycles. The Balaban J connectivity index is 1.51. The Kier molecular flexibility index (Phi) is 6.84. The summed E-state index contributed by atoms with van der Waals surface area (Å²) in [6.07, 6.45) is 5.45. The lowest BCUT2D eigenvalue weighted by Crippen LogP contribution is -2.31. The number of anilines is 2. The molecule has 2 heterocycles. The number of ether oxygens (including phenoxy) is 1. The summed E-state index contributed by atoms with van der Waals surface area (Å²) in [4.78, 5) is 30.5. The van der Waals surface area contributed by atoms with Crippen molar-refractivity contribution in [1.82, 2.24) is 10.3 Å². The van der Waals surface area contributed by atoms with Crippen molar-refractivity contribution in [3.63, 3.8) is 0 Å². The first kappa shape index (κ1) is 19.7. The van der Waals surface area contributed by atoms with Crippen molar-refractivity contribution in [2.24, 2.45) is 0 Å². The van der Waals surface area contributed by atoms with Gasteiger partial charge in [0.15, 0.2) is 0 Å². The zero-order valence-electron chi connectivity index (χ0n) is 16.1. The average Bonchev–Trinajstić information content (AvgIpc) is 2.74. The molecule has 2 aromatic rings. The third kappa shape index (κ3) is 5.45. The molecule has 0 bridgehead atoms. The number of carbonyl (C=O) groups excluding carboxylic acids is 2. The van der Waals surface area contributed by atoms with Gasteiger partial charge in [0.25, 0.3) is 0 Å². The fraction of sp³-hybridized carbons (Fsp3) is 0.381. The normalized spacial score (nSPS) is 13.7. The van der Waals surface area contributed by atoms with Gasteiger partial charge in [-0.05, 0) is 68.1 Å². The second-order valence-corrected chi connectivity index (χ2v) is 6.68. The van der Waals surface area contributed by atoms with Crippen LogP contribution >= 0.6 is 0 Å². The van der Waals surface area contributed by atoms with Crippen molar-refractivity contribution >= 4 is 23.5 Å². The Morgan fingerprint density at radius 1 is 1.11 bits per heavy atom. The van der Waals surface area contributed by atoms with Crippen LogP contribution in [0.2, 0.25) is 0 Å². The third-order valence-corrected chi connectivity index (χ3v) is 4.60. The van der Waals surface area contributed by atoms with E-state index in [4.69, 9.17) is 4.74 Å². The number of benzene rings is 1. The Morgan fingerprint density at radius 3 is 2.57 bits per heavy atom. The van der Waals surface area contributed by atoms with Crippen LogP contribution in [-0.2, 0) is 11.3 Å². The Bertz CT molecular complexity index is 802. The van der Waals surface area contributed by atoms with Gasteiger partial charge in [-0.3, -0.25) is 0 Å². The summed E-state index contributed by atoms with van der Waals surface area (Å²) in [5.74, 6) is 0.592. The number of aromatic nitrogens is 1. The number of piperidine rings is 1. The number of urea groups is 1. The summed E-state index contributed by atoms with van der Waals surface area (Å²) in [5.41, 5.74) is 2.06. The van der Waals surface area contributed by atoms with Crippen LogP contribution in [-0.4, -0.2) is 36.7 Å². The number of hydrogen-bond acceptors (Lipinski definition) is 5. The smallest absolute Gasteiger partial charge is 0.338 e. The highest BCUT2D eigenvalue weighted by Gasteiger charge is 2.12. The Hall–Kier alpha value is -3.09. The summed E-state index contributed by atoms with van der Waals surface area (Å²) in [6.45, 7) is 4.57. The van der Waals surface area contributed by atoms with Crippen LogP contribution in [0.3, 0.4) is 0 Å². The quantitative estimate of drug-likeness (QED) is 0.746. The maximum absolute atomic E-state index is 12.2. The lowest BCUT2D eigenvalue weighted by Gasteiger charge is -2.27. The van der Waals surface area contributed by atoms with E-state index >= 15 is 0 Å². The van der Waals surface area contributed by atoms with Gasteiger partial charge in [0, 0.05) is 31.5 Å². The minimum absolute atomic E-state index is 0.305. The molecule has 1 aliphatic heterocycles. The molecular formula is C21H26N4O3. The highest BCUT2D eigenvalue weighted by Crippen LogP contribution is 2.18. The van der Waals surface area contributed by atoms with Crippen molar-refractivity contribution in [1.29, 1.82) is 0 Å². The van der Waals surface area contributed by atoms with E-state index in [-0.39, 0.29) is 12.0 Å². The standard InChI is InChI=1S/C21H26N4O3/c1-2-28-20(26)17-6-8-18(9-7-17)24-21(27)23-15-16-10-11-22-19(14-16)25-12-4-3-5-13-25/h6-11,14H,2-5,12-13,15H2,1H3,(H2,23,24,27). The minimum Gasteiger partial charge on any atom is -0.462 e. The van der Waals surface area contributed by atoms with Gasteiger partial charge in [0.1, 0.15) is 5.82 Å². The SMILES string of the molecule is CCOC(=O)c1ccc(NC(=O)NCc2ccnc(N3CCCCC3)c2)cc1. The molecule has 0 unspecified atom stereocenters. The Morgan fingerprint density at radius 2 is 1.86 bits per heavy atom. The van der Waals surface area contributed by atoms with Gasteiger partial charge in [0.05, 0.1) is 12.2 Å². The first-order valence-electron chi connectivity index (χ1n) is 9.67. The van der Waals surface area contributed by atoms with E-state index < -0.39 is 0 Å². The molecule has 1 fully saturated rings. The largest absolute Gasteiger partial charge is 0.462 e. The maximum Gasteiger partial charge on any atom is 0.338 e. The molecule has 1 aromatic heterocycles. The highest BCUT2D eigenvalue weighted by atomic mass is 16.5. The molecule has 3 rings (SSSR count). The molecule has 0 radical (unpaired) electrons. The van der Waals surface area contributed by atoms with Crippen LogP contribution < -0.4 is 15.5 Å². The number of pyridine rings is 1. The second-order valence-electron chi connectivity index (χ2n) is 6.68. The van der Waals surface area contributed by atoms with Gasteiger partial charge in [-0.1, -0.05) is 0 Å². The number of carbonyl (C=O) groups is 2. The van der Waals surface area contributed by atoms with E-state index in [1.54, 1.807) is 37.4 Å². The van der Waals surface area contributed by atoms with Gasteiger partial charge >= 0.3 is 12.0 Å². The fourth-order valence-corrected chi connectivity index (χ4v) is 3.13. The van der Waals surface area contributed by atoms with Crippen molar-refractivity contribution < 1.29 is 14.3 Å². The second kappa shape index (κ2) is 9.73. The Labute approximate surface area is 165 Å². The van der Waals surface area contributed by atoms with Gasteiger partial charge in [-0.2, -0.15) is 0 Å². The van der Waals surface area contributed by atoms with E-state index in [0.717, 1.165) is 24.5 Å². The number of nitrogens with zero attached hydrogens (tertiary/aromatic N) is 2. The van der Waals surface area contributed by atoms with E-state index in [0.29, 0.717) is 24.4 Å². The van der Waals surface area contributed by atoms with Crippen LogP contribution in [0.1, 0.15) is 42.1 Å². The molecule has 0 aliphatic carbocycles.